The van der Waals surface area contributed by atoms with Crippen LogP contribution in [0.4, 0.5) is 5.69 Å². The molecule has 1 aromatic rings. The summed E-state index contributed by atoms with van der Waals surface area (Å²) >= 11 is 0. The van der Waals surface area contributed by atoms with Gasteiger partial charge in [-0.1, -0.05) is 6.92 Å². The van der Waals surface area contributed by atoms with Gasteiger partial charge in [0.1, 0.15) is 0 Å². The van der Waals surface area contributed by atoms with E-state index >= 15 is 0 Å². The highest BCUT2D eigenvalue weighted by Gasteiger charge is 2.14. The number of nitrogens with zero attached hydrogens (tertiary/aromatic N) is 2. The van der Waals surface area contributed by atoms with E-state index in [1.807, 2.05) is 34.0 Å². The van der Waals surface area contributed by atoms with Crippen LogP contribution in [0.3, 0.4) is 0 Å². The standard InChI is InChI=1S/C16H28N4O/c1-6-8-17-15-10-13(3)18-11-14(15)16(21)19-12(2)7-9-20(4)5/h10-12H,6-9H2,1-5H3,(H,17,18)(H,19,21). The number of rotatable bonds is 8. The van der Waals surface area contributed by atoms with E-state index < -0.39 is 0 Å². The van der Waals surface area contributed by atoms with Gasteiger partial charge in [0.15, 0.2) is 0 Å². The third kappa shape index (κ3) is 6.12. The Kier molecular flexibility index (Phi) is 7.15. The fourth-order valence-corrected chi connectivity index (χ4v) is 1.97. The summed E-state index contributed by atoms with van der Waals surface area (Å²) in [5.74, 6) is -0.0626. The number of carbonyl (C=O) groups is 1. The molecular formula is C16H28N4O. The van der Waals surface area contributed by atoms with Crippen LogP contribution in [0.5, 0.6) is 0 Å². The van der Waals surface area contributed by atoms with Crippen molar-refractivity contribution in [3.8, 4) is 0 Å². The highest BCUT2D eigenvalue weighted by atomic mass is 16.1. The third-order valence-corrected chi connectivity index (χ3v) is 3.24. The number of nitrogens with one attached hydrogen (secondary N) is 2. The van der Waals surface area contributed by atoms with E-state index in [9.17, 15) is 4.79 Å². The van der Waals surface area contributed by atoms with Crippen molar-refractivity contribution in [1.29, 1.82) is 0 Å². The molecule has 0 saturated carbocycles. The zero-order valence-electron chi connectivity index (χ0n) is 13.9. The van der Waals surface area contributed by atoms with Gasteiger partial charge in [-0.3, -0.25) is 9.78 Å². The molecule has 5 heteroatoms. The number of hydrogen-bond acceptors (Lipinski definition) is 4. The molecule has 0 aliphatic rings. The smallest absolute Gasteiger partial charge is 0.255 e. The molecule has 2 N–H and O–H groups in total. The third-order valence-electron chi connectivity index (χ3n) is 3.24. The molecule has 0 bridgehead atoms. The second-order valence-corrected chi connectivity index (χ2v) is 5.76. The van der Waals surface area contributed by atoms with E-state index in [1.165, 1.54) is 0 Å². The maximum Gasteiger partial charge on any atom is 0.255 e. The van der Waals surface area contributed by atoms with Crippen LogP contribution in [-0.2, 0) is 0 Å². The van der Waals surface area contributed by atoms with E-state index in [0.717, 1.165) is 37.3 Å². The predicted molar refractivity (Wildman–Crippen MR) is 87.9 cm³/mol. The van der Waals surface area contributed by atoms with Gasteiger partial charge in [-0.2, -0.15) is 0 Å². The van der Waals surface area contributed by atoms with Crippen LogP contribution >= 0.6 is 0 Å². The van der Waals surface area contributed by atoms with Gasteiger partial charge < -0.3 is 15.5 Å². The van der Waals surface area contributed by atoms with Crippen molar-refractivity contribution in [2.24, 2.45) is 0 Å². The number of anilines is 1. The molecule has 118 valence electrons. The minimum Gasteiger partial charge on any atom is -0.384 e. The Labute approximate surface area is 128 Å². The lowest BCUT2D eigenvalue weighted by atomic mass is 10.1. The molecule has 0 aromatic carbocycles. The summed E-state index contributed by atoms with van der Waals surface area (Å²) < 4.78 is 0. The van der Waals surface area contributed by atoms with Gasteiger partial charge >= 0.3 is 0 Å². The van der Waals surface area contributed by atoms with Crippen LogP contribution in [0.15, 0.2) is 12.3 Å². The summed E-state index contributed by atoms with van der Waals surface area (Å²) in [5, 5.41) is 6.34. The van der Waals surface area contributed by atoms with Crippen LogP contribution in [0.2, 0.25) is 0 Å². The molecular weight excluding hydrogens is 264 g/mol. The van der Waals surface area contributed by atoms with Crippen molar-refractivity contribution in [2.45, 2.75) is 39.7 Å². The fraction of sp³-hybridized carbons (Fsp3) is 0.625. The second kappa shape index (κ2) is 8.62. The Morgan fingerprint density at radius 2 is 2.14 bits per heavy atom. The Hall–Kier alpha value is -1.62. The molecule has 1 rings (SSSR count). The molecule has 0 spiro atoms. The van der Waals surface area contributed by atoms with E-state index in [-0.39, 0.29) is 11.9 Å². The van der Waals surface area contributed by atoms with E-state index in [1.54, 1.807) is 6.20 Å². The van der Waals surface area contributed by atoms with Crippen molar-refractivity contribution in [3.63, 3.8) is 0 Å². The minimum absolute atomic E-state index is 0.0626. The first-order valence-corrected chi connectivity index (χ1v) is 7.60. The van der Waals surface area contributed by atoms with E-state index in [0.29, 0.717) is 5.56 Å². The summed E-state index contributed by atoms with van der Waals surface area (Å²) in [4.78, 5) is 18.7. The van der Waals surface area contributed by atoms with Gasteiger partial charge in [-0.05, 0) is 53.4 Å². The minimum atomic E-state index is -0.0626. The van der Waals surface area contributed by atoms with Crippen LogP contribution in [0, 0.1) is 6.92 Å². The van der Waals surface area contributed by atoms with Crippen LogP contribution in [0.25, 0.3) is 0 Å². The molecule has 0 fully saturated rings. The van der Waals surface area contributed by atoms with Crippen molar-refractivity contribution in [3.05, 3.63) is 23.5 Å². The Balaban J connectivity index is 2.72. The van der Waals surface area contributed by atoms with Gasteiger partial charge in [-0.25, -0.2) is 0 Å². The zero-order chi connectivity index (χ0) is 15.8. The molecule has 0 saturated heterocycles. The number of aryl methyl sites for hydroxylation is 1. The van der Waals surface area contributed by atoms with E-state index in [2.05, 4.69) is 27.4 Å². The lowest BCUT2D eigenvalue weighted by molar-refractivity contribution is 0.0937. The number of aromatic nitrogens is 1. The lowest BCUT2D eigenvalue weighted by Crippen LogP contribution is -2.35. The molecule has 0 radical (unpaired) electrons. The quantitative estimate of drug-likeness (QED) is 0.772. The number of carbonyl (C=O) groups excluding carboxylic acids is 1. The largest absolute Gasteiger partial charge is 0.384 e. The number of pyridine rings is 1. The van der Waals surface area contributed by atoms with Crippen LogP contribution < -0.4 is 10.6 Å². The summed E-state index contributed by atoms with van der Waals surface area (Å²) in [5.41, 5.74) is 2.39. The van der Waals surface area contributed by atoms with Crippen LogP contribution in [-0.4, -0.2) is 49.0 Å². The van der Waals surface area contributed by atoms with Crippen LogP contribution in [0.1, 0.15) is 42.7 Å². The number of hydrogen-bond donors (Lipinski definition) is 2. The average Bonchev–Trinajstić information content (AvgIpc) is 2.42. The fourth-order valence-electron chi connectivity index (χ4n) is 1.97. The van der Waals surface area contributed by atoms with Gasteiger partial charge in [0.05, 0.1) is 11.3 Å². The Morgan fingerprint density at radius 3 is 2.76 bits per heavy atom. The zero-order valence-corrected chi connectivity index (χ0v) is 13.9. The summed E-state index contributed by atoms with van der Waals surface area (Å²) in [6.45, 7) is 7.86. The SMILES string of the molecule is CCCNc1cc(C)ncc1C(=O)NC(C)CCN(C)C. The molecule has 0 aliphatic heterocycles. The maximum atomic E-state index is 12.4. The molecule has 1 amide bonds. The first kappa shape index (κ1) is 17.4. The molecule has 0 aliphatic carbocycles. The van der Waals surface area contributed by atoms with Crippen molar-refractivity contribution in [2.75, 3.05) is 32.5 Å². The first-order chi connectivity index (χ1) is 9.93. The first-order valence-electron chi connectivity index (χ1n) is 7.60. The Bertz CT molecular complexity index is 460. The molecule has 5 nitrogen and oxygen atoms in total. The summed E-state index contributed by atoms with van der Waals surface area (Å²) in [6.07, 6.45) is 3.60. The predicted octanol–water partition coefficient (Wildman–Crippen LogP) is 2.28. The molecule has 21 heavy (non-hydrogen) atoms. The summed E-state index contributed by atoms with van der Waals surface area (Å²) in [7, 11) is 4.07. The van der Waals surface area contributed by atoms with E-state index in [4.69, 9.17) is 0 Å². The topological polar surface area (TPSA) is 57.3 Å². The summed E-state index contributed by atoms with van der Waals surface area (Å²) in [6, 6.07) is 2.06. The lowest BCUT2D eigenvalue weighted by Gasteiger charge is -2.18. The van der Waals surface area contributed by atoms with Gasteiger partial charge in [-0.15, -0.1) is 0 Å². The highest BCUT2D eigenvalue weighted by molar-refractivity contribution is 5.99. The van der Waals surface area contributed by atoms with Crippen molar-refractivity contribution in [1.82, 2.24) is 15.2 Å². The van der Waals surface area contributed by atoms with Crippen molar-refractivity contribution < 1.29 is 4.79 Å². The maximum absolute atomic E-state index is 12.4. The second-order valence-electron chi connectivity index (χ2n) is 5.76. The monoisotopic (exact) mass is 292 g/mol. The van der Waals surface area contributed by atoms with Gasteiger partial charge in [0.25, 0.3) is 5.91 Å². The average molecular weight is 292 g/mol. The van der Waals surface area contributed by atoms with Crippen molar-refractivity contribution >= 4 is 11.6 Å². The van der Waals surface area contributed by atoms with Gasteiger partial charge in [0, 0.05) is 24.5 Å². The normalized spacial score (nSPS) is 12.3. The molecule has 1 heterocycles. The Morgan fingerprint density at radius 1 is 1.43 bits per heavy atom. The number of amides is 1. The molecule has 1 unspecified atom stereocenters. The molecule has 1 aromatic heterocycles. The highest BCUT2D eigenvalue weighted by Crippen LogP contribution is 2.16. The molecule has 1 atom stereocenters. The van der Waals surface area contributed by atoms with Gasteiger partial charge in [0.2, 0.25) is 0 Å².